The number of aromatic amines is 1. The molecular weight excluding hydrogens is 528 g/mol. The second kappa shape index (κ2) is 11.0. The van der Waals surface area contributed by atoms with E-state index in [9.17, 15) is 18.4 Å². The molecule has 6 rings (SSSR count). The standard InChI is InChI=1S/C30H33F2N7O2/c31-30(32)9-11-38(12-10-30)17-22-15-25(39-26(22)27(33)35-18-36-39)21-14-24(28(40)34-16-21)29(41)37-23-8-4-7-20(13-23)19-5-2-1-3-6-19/h1-3,5-6,14-16,18,20,23H,4,7-13,17H2,(H,34,40)(H,37,41)(H2,33,35,36). The fourth-order valence-electron chi connectivity index (χ4n) is 6.16. The van der Waals surface area contributed by atoms with Gasteiger partial charge in [-0.1, -0.05) is 36.8 Å². The number of pyridine rings is 1. The third-order valence-corrected chi connectivity index (χ3v) is 8.37. The lowest BCUT2D eigenvalue weighted by molar-refractivity contribution is -0.0565. The molecule has 0 radical (unpaired) electrons. The lowest BCUT2D eigenvalue weighted by Crippen LogP contribution is -2.40. The summed E-state index contributed by atoms with van der Waals surface area (Å²) in [6.07, 6.45) is 6.23. The van der Waals surface area contributed by atoms with Crippen LogP contribution in [-0.4, -0.2) is 55.4 Å². The third-order valence-electron chi connectivity index (χ3n) is 8.37. The van der Waals surface area contributed by atoms with Crippen LogP contribution < -0.4 is 16.6 Å². The Morgan fingerprint density at radius 2 is 1.93 bits per heavy atom. The van der Waals surface area contributed by atoms with Crippen LogP contribution in [0.25, 0.3) is 16.8 Å². The lowest BCUT2D eigenvalue weighted by atomic mass is 9.81. The van der Waals surface area contributed by atoms with Gasteiger partial charge in [0.1, 0.15) is 17.4 Å². The number of nitrogens with zero attached hydrogens (tertiary/aromatic N) is 4. The number of rotatable bonds is 6. The van der Waals surface area contributed by atoms with Gasteiger partial charge in [-0.15, -0.1) is 0 Å². The molecule has 4 N–H and O–H groups in total. The Morgan fingerprint density at radius 1 is 1.15 bits per heavy atom. The Morgan fingerprint density at radius 3 is 2.71 bits per heavy atom. The first-order chi connectivity index (χ1) is 19.8. The highest BCUT2D eigenvalue weighted by atomic mass is 19.3. The number of hydrogen-bond donors (Lipinski definition) is 3. The summed E-state index contributed by atoms with van der Waals surface area (Å²) in [5, 5.41) is 7.46. The van der Waals surface area contributed by atoms with Crippen molar-refractivity contribution in [3.8, 4) is 11.3 Å². The number of piperidine rings is 1. The molecule has 2 unspecified atom stereocenters. The smallest absolute Gasteiger partial charge is 0.260 e. The number of nitrogens with two attached hydrogens (primary N) is 1. The topological polar surface area (TPSA) is 121 Å². The predicted molar refractivity (Wildman–Crippen MR) is 152 cm³/mol. The SMILES string of the molecule is Nc1ncnn2c(-c3c[nH]c(=O)c(C(=O)NC4CCCC(c5ccccc5)C4)c3)cc(CN3CCC(F)(F)CC3)c12. The summed E-state index contributed by atoms with van der Waals surface area (Å²) in [5.41, 5.74) is 9.57. The molecule has 4 aromatic rings. The summed E-state index contributed by atoms with van der Waals surface area (Å²) in [7, 11) is 0. The Balaban J connectivity index is 1.25. The summed E-state index contributed by atoms with van der Waals surface area (Å²) < 4.78 is 29.0. The van der Waals surface area contributed by atoms with Crippen LogP contribution in [0.1, 0.15) is 65.9 Å². The first-order valence-electron chi connectivity index (χ1n) is 14.1. The second-order valence-electron chi connectivity index (χ2n) is 11.2. The largest absolute Gasteiger partial charge is 0.382 e. The van der Waals surface area contributed by atoms with Gasteiger partial charge in [0.2, 0.25) is 0 Å². The number of hydrogen-bond acceptors (Lipinski definition) is 6. The molecule has 214 valence electrons. The molecule has 2 atom stereocenters. The quantitative estimate of drug-likeness (QED) is 0.322. The summed E-state index contributed by atoms with van der Waals surface area (Å²) in [5.74, 6) is -2.44. The number of H-pyrrole nitrogens is 1. The van der Waals surface area contributed by atoms with E-state index in [1.54, 1.807) is 10.6 Å². The highest BCUT2D eigenvalue weighted by Gasteiger charge is 2.34. The molecule has 2 aliphatic rings. The zero-order valence-electron chi connectivity index (χ0n) is 22.7. The summed E-state index contributed by atoms with van der Waals surface area (Å²) in [6, 6.07) is 13.7. The molecule has 1 saturated carbocycles. The van der Waals surface area contributed by atoms with E-state index in [1.165, 1.54) is 18.1 Å². The fourth-order valence-corrected chi connectivity index (χ4v) is 6.16. The maximum Gasteiger partial charge on any atom is 0.260 e. The van der Waals surface area contributed by atoms with E-state index < -0.39 is 17.4 Å². The number of benzene rings is 1. The molecule has 2 fully saturated rings. The average Bonchev–Trinajstić information content (AvgIpc) is 3.34. The van der Waals surface area contributed by atoms with Crippen molar-refractivity contribution in [2.24, 2.45) is 0 Å². The molecule has 41 heavy (non-hydrogen) atoms. The number of amides is 1. The molecule has 1 aromatic carbocycles. The van der Waals surface area contributed by atoms with Gasteiger partial charge in [0, 0.05) is 50.3 Å². The number of nitrogen functional groups attached to an aromatic ring is 1. The maximum atomic E-state index is 13.7. The van der Waals surface area contributed by atoms with E-state index in [-0.39, 0.29) is 43.4 Å². The molecule has 1 amide bonds. The summed E-state index contributed by atoms with van der Waals surface area (Å²) >= 11 is 0. The van der Waals surface area contributed by atoms with Gasteiger partial charge in [-0.3, -0.25) is 14.5 Å². The average molecular weight is 562 g/mol. The van der Waals surface area contributed by atoms with Crippen LogP contribution >= 0.6 is 0 Å². The Hall–Kier alpha value is -4.12. The van der Waals surface area contributed by atoms with Gasteiger partial charge in [-0.05, 0) is 48.4 Å². The number of nitrogens with one attached hydrogen (secondary N) is 2. The number of carbonyl (C=O) groups is 1. The van der Waals surface area contributed by atoms with Crippen molar-refractivity contribution in [2.75, 3.05) is 18.8 Å². The van der Waals surface area contributed by atoms with Gasteiger partial charge >= 0.3 is 0 Å². The van der Waals surface area contributed by atoms with Crippen molar-refractivity contribution in [1.82, 2.24) is 29.8 Å². The molecule has 11 heteroatoms. The monoisotopic (exact) mass is 561 g/mol. The van der Waals surface area contributed by atoms with Crippen LogP contribution in [0, 0.1) is 0 Å². The molecule has 1 aliphatic heterocycles. The van der Waals surface area contributed by atoms with Crippen molar-refractivity contribution < 1.29 is 13.6 Å². The third kappa shape index (κ3) is 5.72. The van der Waals surface area contributed by atoms with Crippen LogP contribution in [0.4, 0.5) is 14.6 Å². The van der Waals surface area contributed by atoms with E-state index in [1.807, 2.05) is 29.2 Å². The van der Waals surface area contributed by atoms with Crippen molar-refractivity contribution in [2.45, 2.75) is 63.0 Å². The Kier molecular flexibility index (Phi) is 7.29. The predicted octanol–water partition coefficient (Wildman–Crippen LogP) is 4.35. The molecule has 0 spiro atoms. The normalized spacial score (nSPS) is 21.1. The summed E-state index contributed by atoms with van der Waals surface area (Å²) in [4.78, 5) is 34.9. The Bertz CT molecular complexity index is 1610. The van der Waals surface area contributed by atoms with Gasteiger partial charge in [-0.25, -0.2) is 18.3 Å². The van der Waals surface area contributed by atoms with Gasteiger partial charge in [0.15, 0.2) is 5.82 Å². The Labute approximate surface area is 235 Å². The van der Waals surface area contributed by atoms with Crippen LogP contribution in [0.3, 0.4) is 0 Å². The lowest BCUT2D eigenvalue weighted by Gasteiger charge is -2.31. The number of halogens is 2. The van der Waals surface area contributed by atoms with Crippen LogP contribution in [0.15, 0.2) is 59.8 Å². The molecule has 3 aromatic heterocycles. The van der Waals surface area contributed by atoms with Crippen molar-refractivity contribution in [1.29, 1.82) is 0 Å². The van der Waals surface area contributed by atoms with Crippen molar-refractivity contribution in [3.05, 3.63) is 82.0 Å². The van der Waals surface area contributed by atoms with E-state index in [2.05, 4.69) is 32.5 Å². The molecule has 9 nitrogen and oxygen atoms in total. The number of aromatic nitrogens is 4. The first-order valence-corrected chi connectivity index (χ1v) is 14.1. The van der Waals surface area contributed by atoms with E-state index in [4.69, 9.17) is 5.73 Å². The van der Waals surface area contributed by atoms with Crippen LogP contribution in [0.2, 0.25) is 0 Å². The molecule has 4 heterocycles. The maximum absolute atomic E-state index is 13.7. The van der Waals surface area contributed by atoms with Gasteiger partial charge in [0.25, 0.3) is 17.4 Å². The minimum atomic E-state index is -2.64. The summed E-state index contributed by atoms with van der Waals surface area (Å²) in [6.45, 7) is 0.934. The fraction of sp³-hybridized carbons (Fsp3) is 0.400. The van der Waals surface area contributed by atoms with Crippen molar-refractivity contribution in [3.63, 3.8) is 0 Å². The van der Waals surface area contributed by atoms with E-state index in [0.29, 0.717) is 29.2 Å². The van der Waals surface area contributed by atoms with Gasteiger partial charge in [-0.2, -0.15) is 5.10 Å². The second-order valence-corrected chi connectivity index (χ2v) is 11.2. The highest BCUT2D eigenvalue weighted by molar-refractivity contribution is 5.95. The zero-order valence-corrected chi connectivity index (χ0v) is 22.7. The van der Waals surface area contributed by atoms with Gasteiger partial charge < -0.3 is 16.0 Å². The van der Waals surface area contributed by atoms with Crippen molar-refractivity contribution >= 4 is 17.2 Å². The minimum absolute atomic E-state index is 0.0149. The number of alkyl halides is 2. The molecule has 0 bridgehead atoms. The molecule has 1 aliphatic carbocycles. The van der Waals surface area contributed by atoms with Crippen LogP contribution in [0.5, 0.6) is 0 Å². The highest BCUT2D eigenvalue weighted by Crippen LogP contribution is 2.34. The molecular formula is C30H33F2N7O2. The van der Waals surface area contributed by atoms with Gasteiger partial charge in [0.05, 0.1) is 5.69 Å². The van der Waals surface area contributed by atoms with E-state index in [0.717, 1.165) is 31.2 Å². The van der Waals surface area contributed by atoms with E-state index >= 15 is 0 Å². The number of carbonyl (C=O) groups excluding carboxylic acids is 1. The van der Waals surface area contributed by atoms with Crippen LogP contribution in [-0.2, 0) is 6.54 Å². The number of likely N-dealkylation sites (tertiary alicyclic amines) is 1. The zero-order chi connectivity index (χ0) is 28.6. The minimum Gasteiger partial charge on any atom is -0.382 e. The number of fused-ring (bicyclic) bond motifs is 1. The number of anilines is 1. The molecule has 1 saturated heterocycles. The first kappa shape index (κ1) is 27.1.